The fourth-order valence-corrected chi connectivity index (χ4v) is 2.65. The van der Waals surface area contributed by atoms with Crippen molar-refractivity contribution in [1.29, 1.82) is 0 Å². The van der Waals surface area contributed by atoms with Crippen molar-refractivity contribution in [3.05, 3.63) is 29.8 Å². The molecule has 19 heavy (non-hydrogen) atoms. The Labute approximate surface area is 121 Å². The lowest BCUT2D eigenvalue weighted by Crippen LogP contribution is -2.49. The Balaban J connectivity index is 1.96. The van der Waals surface area contributed by atoms with E-state index in [0.717, 1.165) is 31.7 Å². The summed E-state index contributed by atoms with van der Waals surface area (Å²) in [5.74, 6) is 0. The zero-order valence-corrected chi connectivity index (χ0v) is 12.6. The molecular weight excluding hydrogens is 254 g/mol. The monoisotopic (exact) mass is 277 g/mol. The van der Waals surface area contributed by atoms with Crippen LogP contribution in [0.4, 0.5) is 5.69 Å². The molecule has 104 valence electrons. The number of rotatable bonds is 4. The fourth-order valence-electron chi connectivity index (χ4n) is 2.52. The van der Waals surface area contributed by atoms with Crippen molar-refractivity contribution in [2.24, 2.45) is 5.73 Å². The molecule has 1 aliphatic rings. The summed E-state index contributed by atoms with van der Waals surface area (Å²) in [4.78, 5) is 5.47. The van der Waals surface area contributed by atoms with E-state index in [2.05, 4.69) is 35.8 Å². The van der Waals surface area contributed by atoms with E-state index in [0.29, 0.717) is 11.0 Å². The second kappa shape index (κ2) is 6.35. The van der Waals surface area contributed by atoms with Crippen LogP contribution in [-0.2, 0) is 0 Å². The van der Waals surface area contributed by atoms with Crippen LogP contribution in [0.3, 0.4) is 0 Å². The Morgan fingerprint density at radius 2 is 1.79 bits per heavy atom. The maximum atomic E-state index is 5.62. The lowest BCUT2D eigenvalue weighted by Gasteiger charge is -2.39. The highest BCUT2D eigenvalue weighted by molar-refractivity contribution is 7.80. The van der Waals surface area contributed by atoms with Gasteiger partial charge in [0.2, 0.25) is 0 Å². The molecule has 0 aliphatic carbocycles. The van der Waals surface area contributed by atoms with Crippen LogP contribution in [0.2, 0.25) is 0 Å². The molecule has 1 atom stereocenters. The van der Waals surface area contributed by atoms with Gasteiger partial charge in [0.25, 0.3) is 0 Å². The van der Waals surface area contributed by atoms with Gasteiger partial charge < -0.3 is 10.6 Å². The van der Waals surface area contributed by atoms with E-state index in [-0.39, 0.29) is 0 Å². The van der Waals surface area contributed by atoms with Crippen LogP contribution in [0.25, 0.3) is 0 Å². The molecule has 4 heteroatoms. The molecule has 1 aliphatic heterocycles. The van der Waals surface area contributed by atoms with Gasteiger partial charge in [0, 0.05) is 43.5 Å². The molecule has 1 saturated heterocycles. The first-order valence-electron chi connectivity index (χ1n) is 7.00. The number of hydrogen-bond donors (Lipinski definition) is 1. The Morgan fingerprint density at radius 1 is 1.21 bits per heavy atom. The van der Waals surface area contributed by atoms with Crippen molar-refractivity contribution in [2.75, 3.05) is 31.1 Å². The Hall–Kier alpha value is -1.13. The normalized spacial score (nSPS) is 18.3. The van der Waals surface area contributed by atoms with E-state index >= 15 is 0 Å². The van der Waals surface area contributed by atoms with Crippen LogP contribution >= 0.6 is 12.2 Å². The zero-order valence-electron chi connectivity index (χ0n) is 11.8. The molecule has 2 N–H and O–H groups in total. The standard InChI is InChI=1S/C15H23N3S/c1-3-12(2)17-8-10-18(11-9-17)14-6-4-13(5-7-14)15(16)19/h4-7,12H,3,8-11H2,1-2H3,(H2,16,19). The molecule has 0 aromatic heterocycles. The molecule has 3 nitrogen and oxygen atoms in total. The largest absolute Gasteiger partial charge is 0.389 e. The van der Waals surface area contributed by atoms with Crippen LogP contribution < -0.4 is 10.6 Å². The van der Waals surface area contributed by atoms with Crippen molar-refractivity contribution in [3.63, 3.8) is 0 Å². The second-order valence-electron chi connectivity index (χ2n) is 5.19. The molecular formula is C15H23N3S. The quantitative estimate of drug-likeness (QED) is 0.856. The molecule has 1 unspecified atom stereocenters. The van der Waals surface area contributed by atoms with Crippen molar-refractivity contribution < 1.29 is 0 Å². The van der Waals surface area contributed by atoms with E-state index in [1.165, 1.54) is 12.1 Å². The lowest BCUT2D eigenvalue weighted by atomic mass is 10.1. The predicted molar refractivity (Wildman–Crippen MR) is 85.9 cm³/mol. The summed E-state index contributed by atoms with van der Waals surface area (Å²) in [7, 11) is 0. The number of hydrogen-bond acceptors (Lipinski definition) is 3. The van der Waals surface area contributed by atoms with Gasteiger partial charge in [0.1, 0.15) is 4.99 Å². The molecule has 1 fully saturated rings. The maximum Gasteiger partial charge on any atom is 0.103 e. The molecule has 1 heterocycles. The average molecular weight is 277 g/mol. The summed E-state index contributed by atoms with van der Waals surface area (Å²) in [6, 6.07) is 8.96. The summed E-state index contributed by atoms with van der Waals surface area (Å²) >= 11 is 4.98. The van der Waals surface area contributed by atoms with Gasteiger partial charge in [-0.25, -0.2) is 0 Å². The molecule has 1 aromatic rings. The van der Waals surface area contributed by atoms with E-state index < -0.39 is 0 Å². The number of nitrogens with two attached hydrogens (primary N) is 1. The summed E-state index contributed by atoms with van der Waals surface area (Å²) in [6.45, 7) is 9.05. The lowest BCUT2D eigenvalue weighted by molar-refractivity contribution is 0.193. The van der Waals surface area contributed by atoms with Gasteiger partial charge in [-0.2, -0.15) is 0 Å². The predicted octanol–water partition coefficient (Wildman–Crippen LogP) is 2.24. The second-order valence-corrected chi connectivity index (χ2v) is 5.63. The van der Waals surface area contributed by atoms with Gasteiger partial charge in [-0.15, -0.1) is 0 Å². The van der Waals surface area contributed by atoms with Gasteiger partial charge in [-0.3, -0.25) is 4.90 Å². The molecule has 0 bridgehead atoms. The SMILES string of the molecule is CCC(C)N1CCN(c2ccc(C(N)=S)cc2)CC1. The van der Waals surface area contributed by atoms with E-state index in [1.54, 1.807) is 0 Å². The minimum absolute atomic E-state index is 0.466. The minimum Gasteiger partial charge on any atom is -0.389 e. The first kappa shape index (κ1) is 14.3. The third-order valence-electron chi connectivity index (χ3n) is 4.05. The van der Waals surface area contributed by atoms with Crippen LogP contribution in [0.1, 0.15) is 25.8 Å². The number of benzene rings is 1. The van der Waals surface area contributed by atoms with E-state index in [1.807, 2.05) is 12.1 Å². The Bertz CT molecular complexity index is 422. The highest BCUT2D eigenvalue weighted by Crippen LogP contribution is 2.18. The summed E-state index contributed by atoms with van der Waals surface area (Å²) in [5, 5.41) is 0. The third kappa shape index (κ3) is 3.45. The van der Waals surface area contributed by atoms with Gasteiger partial charge >= 0.3 is 0 Å². The smallest absolute Gasteiger partial charge is 0.103 e. The minimum atomic E-state index is 0.466. The Kier molecular flexibility index (Phi) is 4.77. The van der Waals surface area contributed by atoms with Crippen LogP contribution in [0.5, 0.6) is 0 Å². The van der Waals surface area contributed by atoms with Crippen molar-refractivity contribution in [3.8, 4) is 0 Å². The summed E-state index contributed by atoms with van der Waals surface area (Å²) < 4.78 is 0. The third-order valence-corrected chi connectivity index (χ3v) is 4.28. The van der Waals surface area contributed by atoms with Crippen LogP contribution in [0, 0.1) is 0 Å². The van der Waals surface area contributed by atoms with Crippen molar-refractivity contribution in [2.45, 2.75) is 26.3 Å². The van der Waals surface area contributed by atoms with Gasteiger partial charge in [-0.1, -0.05) is 19.1 Å². The van der Waals surface area contributed by atoms with Gasteiger partial charge in [0.05, 0.1) is 0 Å². The zero-order chi connectivity index (χ0) is 13.8. The Morgan fingerprint density at radius 3 is 2.26 bits per heavy atom. The van der Waals surface area contributed by atoms with E-state index in [4.69, 9.17) is 18.0 Å². The van der Waals surface area contributed by atoms with Gasteiger partial charge in [0.15, 0.2) is 0 Å². The molecule has 1 aromatic carbocycles. The highest BCUT2D eigenvalue weighted by Gasteiger charge is 2.20. The van der Waals surface area contributed by atoms with Crippen molar-refractivity contribution in [1.82, 2.24) is 4.90 Å². The van der Waals surface area contributed by atoms with E-state index in [9.17, 15) is 0 Å². The molecule has 0 saturated carbocycles. The maximum absolute atomic E-state index is 5.62. The fraction of sp³-hybridized carbons (Fsp3) is 0.533. The molecule has 0 amide bonds. The summed E-state index contributed by atoms with van der Waals surface area (Å²) in [6.07, 6.45) is 1.22. The number of thiocarbonyl (C=S) groups is 1. The van der Waals surface area contributed by atoms with Gasteiger partial charge in [-0.05, 0) is 37.6 Å². The van der Waals surface area contributed by atoms with Crippen LogP contribution in [0.15, 0.2) is 24.3 Å². The van der Waals surface area contributed by atoms with Crippen molar-refractivity contribution >= 4 is 22.9 Å². The average Bonchev–Trinajstić information content (AvgIpc) is 2.46. The number of piperazine rings is 1. The number of nitrogens with zero attached hydrogens (tertiary/aromatic N) is 2. The summed E-state index contributed by atoms with van der Waals surface area (Å²) in [5.41, 5.74) is 7.83. The first-order chi connectivity index (χ1) is 9.11. The topological polar surface area (TPSA) is 32.5 Å². The molecule has 0 radical (unpaired) electrons. The first-order valence-corrected chi connectivity index (χ1v) is 7.41. The molecule has 0 spiro atoms. The molecule has 2 rings (SSSR count). The highest BCUT2D eigenvalue weighted by atomic mass is 32.1. The number of anilines is 1. The van der Waals surface area contributed by atoms with Crippen LogP contribution in [-0.4, -0.2) is 42.1 Å².